The van der Waals surface area contributed by atoms with E-state index < -0.39 is 0 Å². The first-order valence-electron chi connectivity index (χ1n) is 5.17. The molecule has 0 unspecified atom stereocenters. The maximum Gasteiger partial charge on any atom is 0.119 e. The minimum atomic E-state index is 0.473. The van der Waals surface area contributed by atoms with Crippen molar-refractivity contribution in [3.05, 3.63) is 42.0 Å². The van der Waals surface area contributed by atoms with Crippen molar-refractivity contribution in [1.29, 1.82) is 0 Å². The maximum atomic E-state index is 5.58. The Bertz CT molecular complexity index is 484. The zero-order valence-corrected chi connectivity index (χ0v) is 9.92. The number of halogens is 1. The van der Waals surface area contributed by atoms with E-state index in [0.29, 0.717) is 6.00 Å². The predicted molar refractivity (Wildman–Crippen MR) is 68.1 cm³/mol. The Morgan fingerprint density at radius 3 is 2.62 bits per heavy atom. The van der Waals surface area contributed by atoms with Crippen LogP contribution in [-0.2, 0) is 6.54 Å². The zero-order valence-electron chi connectivity index (χ0n) is 9.16. The Kier molecular flexibility index (Phi) is 3.65. The number of alkyl halides is 1. The number of ether oxygens (including phenoxy) is 1. The fourth-order valence-corrected chi connectivity index (χ4v) is 1.80. The Balaban J connectivity index is 2.32. The summed E-state index contributed by atoms with van der Waals surface area (Å²) < 4.78 is 5.19. The van der Waals surface area contributed by atoms with Crippen molar-refractivity contribution in [2.75, 3.05) is 13.1 Å². The van der Waals surface area contributed by atoms with Gasteiger partial charge in [0.2, 0.25) is 0 Å². The van der Waals surface area contributed by atoms with Gasteiger partial charge in [-0.1, -0.05) is 18.2 Å². The topological polar surface area (TPSA) is 21.3 Å². The summed E-state index contributed by atoms with van der Waals surface area (Å²) in [4.78, 5) is 0. The first kappa shape index (κ1) is 11.2. The minimum Gasteiger partial charge on any atom is -0.497 e. The zero-order chi connectivity index (χ0) is 11.4. The molecule has 84 valence electrons. The van der Waals surface area contributed by atoms with Crippen LogP contribution in [0.4, 0.5) is 0 Å². The lowest BCUT2D eigenvalue weighted by atomic mass is 10.1. The van der Waals surface area contributed by atoms with Crippen LogP contribution in [0.1, 0.15) is 5.56 Å². The fourth-order valence-electron chi connectivity index (χ4n) is 1.70. The van der Waals surface area contributed by atoms with E-state index in [1.807, 2.05) is 12.1 Å². The third kappa shape index (κ3) is 2.46. The van der Waals surface area contributed by atoms with Gasteiger partial charge in [0, 0.05) is 6.54 Å². The lowest BCUT2D eigenvalue weighted by molar-refractivity contribution is 0.415. The molecule has 0 spiro atoms. The van der Waals surface area contributed by atoms with Crippen molar-refractivity contribution in [3.8, 4) is 5.75 Å². The molecule has 0 amide bonds. The van der Waals surface area contributed by atoms with Crippen molar-refractivity contribution in [2.45, 2.75) is 6.54 Å². The summed E-state index contributed by atoms with van der Waals surface area (Å²) in [6.45, 7) is 0.797. The van der Waals surface area contributed by atoms with Gasteiger partial charge in [0.1, 0.15) is 5.75 Å². The van der Waals surface area contributed by atoms with Gasteiger partial charge in [-0.25, -0.2) is 0 Å². The molecule has 0 radical (unpaired) electrons. The van der Waals surface area contributed by atoms with Crippen molar-refractivity contribution < 1.29 is 4.74 Å². The highest BCUT2D eigenvalue weighted by molar-refractivity contribution is 6.17. The second-order valence-electron chi connectivity index (χ2n) is 3.61. The minimum absolute atomic E-state index is 0.473. The Hall–Kier alpha value is -1.25. The third-order valence-electron chi connectivity index (χ3n) is 2.54. The normalized spacial score (nSPS) is 10.6. The van der Waals surface area contributed by atoms with E-state index in [4.69, 9.17) is 16.3 Å². The van der Waals surface area contributed by atoms with Crippen LogP contribution in [0.25, 0.3) is 10.8 Å². The number of fused-ring (bicyclic) bond motifs is 1. The summed E-state index contributed by atoms with van der Waals surface area (Å²) in [6.07, 6.45) is 0. The smallest absolute Gasteiger partial charge is 0.119 e. The van der Waals surface area contributed by atoms with Crippen LogP contribution < -0.4 is 10.1 Å². The highest BCUT2D eigenvalue weighted by Crippen LogP contribution is 2.21. The molecule has 2 nitrogen and oxygen atoms in total. The second kappa shape index (κ2) is 5.19. The number of hydrogen-bond acceptors (Lipinski definition) is 2. The lowest BCUT2D eigenvalue weighted by Gasteiger charge is -2.05. The van der Waals surface area contributed by atoms with Crippen molar-refractivity contribution in [2.24, 2.45) is 0 Å². The molecule has 1 N–H and O–H groups in total. The molecule has 0 saturated carbocycles. The van der Waals surface area contributed by atoms with E-state index in [-0.39, 0.29) is 0 Å². The monoisotopic (exact) mass is 235 g/mol. The largest absolute Gasteiger partial charge is 0.497 e. The molecule has 0 fully saturated rings. The highest BCUT2D eigenvalue weighted by atomic mass is 35.5. The molecule has 0 aliphatic rings. The number of hydrogen-bond donors (Lipinski definition) is 1. The fraction of sp³-hybridized carbons (Fsp3) is 0.231. The van der Waals surface area contributed by atoms with Gasteiger partial charge in [0.05, 0.1) is 13.1 Å². The molecule has 2 aromatic rings. The predicted octanol–water partition coefficient (Wildman–Crippen LogP) is 3.13. The molecule has 0 aliphatic heterocycles. The molecule has 2 aromatic carbocycles. The first-order chi connectivity index (χ1) is 7.83. The van der Waals surface area contributed by atoms with E-state index in [2.05, 4.69) is 29.6 Å². The van der Waals surface area contributed by atoms with Crippen molar-refractivity contribution in [3.63, 3.8) is 0 Å². The molecule has 0 bridgehead atoms. The van der Waals surface area contributed by atoms with Crippen LogP contribution in [0.3, 0.4) is 0 Å². The molecular formula is C13H14ClNO. The van der Waals surface area contributed by atoms with Gasteiger partial charge in [-0.05, 0) is 34.5 Å². The van der Waals surface area contributed by atoms with Gasteiger partial charge in [-0.3, -0.25) is 5.32 Å². The molecule has 0 saturated heterocycles. The number of nitrogens with one attached hydrogen (secondary N) is 1. The molecule has 2 rings (SSSR count). The van der Waals surface area contributed by atoms with Gasteiger partial charge in [-0.2, -0.15) is 0 Å². The summed E-state index contributed by atoms with van der Waals surface area (Å²) in [5.74, 6) is 0.888. The van der Waals surface area contributed by atoms with Crippen LogP contribution in [0.15, 0.2) is 36.4 Å². The van der Waals surface area contributed by atoms with E-state index in [1.165, 1.54) is 16.3 Å². The summed E-state index contributed by atoms with van der Waals surface area (Å²) >= 11 is 5.58. The van der Waals surface area contributed by atoms with E-state index in [1.54, 1.807) is 7.11 Å². The average molecular weight is 236 g/mol. The number of methoxy groups -OCH3 is 1. The van der Waals surface area contributed by atoms with Crippen LogP contribution in [-0.4, -0.2) is 13.1 Å². The molecule has 3 heteroatoms. The van der Waals surface area contributed by atoms with Crippen LogP contribution in [0, 0.1) is 0 Å². The SMILES string of the molecule is COc1ccc2cc(CNCCl)ccc2c1. The van der Waals surface area contributed by atoms with Crippen LogP contribution >= 0.6 is 11.6 Å². The van der Waals surface area contributed by atoms with Gasteiger partial charge in [0.15, 0.2) is 0 Å². The number of benzene rings is 2. The lowest BCUT2D eigenvalue weighted by Crippen LogP contribution is -2.09. The Morgan fingerprint density at radius 2 is 1.88 bits per heavy atom. The summed E-state index contributed by atoms with van der Waals surface area (Å²) in [7, 11) is 1.68. The molecule has 0 aromatic heterocycles. The van der Waals surface area contributed by atoms with E-state index >= 15 is 0 Å². The molecule has 0 atom stereocenters. The summed E-state index contributed by atoms with van der Waals surface area (Å²) in [5.41, 5.74) is 1.23. The number of rotatable bonds is 4. The quantitative estimate of drug-likeness (QED) is 0.650. The Morgan fingerprint density at radius 1 is 1.12 bits per heavy atom. The van der Waals surface area contributed by atoms with Gasteiger partial charge >= 0.3 is 0 Å². The molecular weight excluding hydrogens is 222 g/mol. The Labute approximate surface area is 100 Å². The molecule has 0 heterocycles. The van der Waals surface area contributed by atoms with Crippen LogP contribution in [0.2, 0.25) is 0 Å². The maximum absolute atomic E-state index is 5.58. The van der Waals surface area contributed by atoms with Crippen molar-refractivity contribution in [1.82, 2.24) is 5.32 Å². The third-order valence-corrected chi connectivity index (χ3v) is 2.72. The molecule has 16 heavy (non-hydrogen) atoms. The molecule has 0 aliphatic carbocycles. The average Bonchev–Trinajstić information content (AvgIpc) is 2.35. The standard InChI is InChI=1S/C13H14ClNO/c1-16-13-5-4-11-6-10(8-15-9-14)2-3-12(11)7-13/h2-7,15H,8-9H2,1H3. The van der Waals surface area contributed by atoms with Gasteiger partial charge < -0.3 is 4.74 Å². The highest BCUT2D eigenvalue weighted by Gasteiger charge is 1.98. The van der Waals surface area contributed by atoms with Gasteiger partial charge in [0.25, 0.3) is 0 Å². The van der Waals surface area contributed by atoms with E-state index in [9.17, 15) is 0 Å². The van der Waals surface area contributed by atoms with Crippen molar-refractivity contribution >= 4 is 22.4 Å². The van der Waals surface area contributed by atoms with E-state index in [0.717, 1.165) is 12.3 Å². The first-order valence-corrected chi connectivity index (χ1v) is 5.70. The summed E-state index contributed by atoms with van der Waals surface area (Å²) in [6, 6.07) is 12.9. The van der Waals surface area contributed by atoms with Gasteiger partial charge in [-0.15, -0.1) is 11.6 Å². The summed E-state index contributed by atoms with van der Waals surface area (Å²) in [5, 5.41) is 5.50. The second-order valence-corrected chi connectivity index (χ2v) is 3.88. The van der Waals surface area contributed by atoms with Crippen LogP contribution in [0.5, 0.6) is 5.75 Å².